The summed E-state index contributed by atoms with van der Waals surface area (Å²) in [5.41, 5.74) is 8.22. The van der Waals surface area contributed by atoms with Gasteiger partial charge in [0.2, 0.25) is 0 Å². The highest BCUT2D eigenvalue weighted by Gasteiger charge is 2.16. The van der Waals surface area contributed by atoms with Crippen molar-refractivity contribution < 1.29 is 19.0 Å². The summed E-state index contributed by atoms with van der Waals surface area (Å²) in [7, 11) is 0. The van der Waals surface area contributed by atoms with Crippen LogP contribution in [0.3, 0.4) is 0 Å². The molecule has 176 valence electrons. The zero-order chi connectivity index (χ0) is 24.5. The molecule has 0 saturated carbocycles. The number of hydrogen-bond acceptors (Lipinski definition) is 5. The monoisotopic (exact) mass is 450 g/mol. The summed E-state index contributed by atoms with van der Waals surface area (Å²) in [6.45, 7) is 11.6. The first-order valence-corrected chi connectivity index (χ1v) is 10.8. The van der Waals surface area contributed by atoms with Gasteiger partial charge in [-0.1, -0.05) is 35.8 Å². The molecule has 6 nitrogen and oxygen atoms in total. The van der Waals surface area contributed by atoms with E-state index in [0.29, 0.717) is 32.1 Å². The predicted molar refractivity (Wildman–Crippen MR) is 134 cm³/mol. The van der Waals surface area contributed by atoms with Gasteiger partial charge in [-0.2, -0.15) is 0 Å². The Balaban J connectivity index is 0.000000361. The lowest BCUT2D eigenvalue weighted by atomic mass is 10.2. The first-order chi connectivity index (χ1) is 15.7. The van der Waals surface area contributed by atoms with E-state index >= 15 is 0 Å². The van der Waals surface area contributed by atoms with E-state index < -0.39 is 11.7 Å². The fraction of sp³-hybridized carbons (Fsp3) is 0.370. The van der Waals surface area contributed by atoms with E-state index in [1.54, 1.807) is 12.1 Å². The number of nitrogens with two attached hydrogens (primary N) is 1. The second-order valence-corrected chi connectivity index (χ2v) is 7.71. The van der Waals surface area contributed by atoms with E-state index in [4.69, 9.17) is 19.9 Å². The Morgan fingerprint density at radius 2 is 1.45 bits per heavy atom. The standard InChI is InChI=1S/C16H21NO3.C11H13NO/c1-5-19-11-7-9-13-8-6-10-14(12-13)17-15(18)20-16(2,3)4;1-2-13-8-4-6-10-5-3-7-11(12)9-10/h6,8,10,12H,5,11H2,1-4H3,(H,17,18);3,5,7,9H,2,8,12H2,1H3. The largest absolute Gasteiger partial charge is 0.444 e. The van der Waals surface area contributed by atoms with Crippen LogP contribution in [0.1, 0.15) is 45.7 Å². The average molecular weight is 451 g/mol. The zero-order valence-corrected chi connectivity index (χ0v) is 20.2. The minimum absolute atomic E-state index is 0.403. The molecule has 6 heteroatoms. The summed E-state index contributed by atoms with van der Waals surface area (Å²) in [5.74, 6) is 11.7. The molecule has 0 bridgehead atoms. The molecule has 0 spiro atoms. The van der Waals surface area contributed by atoms with Crippen LogP contribution in [0.2, 0.25) is 0 Å². The lowest BCUT2D eigenvalue weighted by Gasteiger charge is -2.19. The van der Waals surface area contributed by atoms with Crippen molar-refractivity contribution in [2.24, 2.45) is 0 Å². The highest BCUT2D eigenvalue weighted by atomic mass is 16.6. The van der Waals surface area contributed by atoms with Crippen LogP contribution < -0.4 is 11.1 Å². The molecule has 0 fully saturated rings. The normalized spacial score (nSPS) is 9.85. The Kier molecular flexibility index (Phi) is 12.8. The third kappa shape index (κ3) is 14.3. The molecule has 2 aromatic rings. The number of carbonyl (C=O) groups is 1. The van der Waals surface area contributed by atoms with Crippen LogP contribution in [0.5, 0.6) is 0 Å². The number of rotatable bonds is 5. The molecule has 0 saturated heterocycles. The molecule has 0 aromatic heterocycles. The Bertz CT molecular complexity index is 989. The predicted octanol–water partition coefficient (Wildman–Crippen LogP) is 5.08. The molecule has 0 aliphatic carbocycles. The van der Waals surface area contributed by atoms with Gasteiger partial charge in [0.25, 0.3) is 0 Å². The Morgan fingerprint density at radius 3 is 1.97 bits per heavy atom. The van der Waals surface area contributed by atoms with Gasteiger partial charge in [-0.05, 0) is 71.0 Å². The van der Waals surface area contributed by atoms with Gasteiger partial charge >= 0.3 is 6.09 Å². The molecule has 33 heavy (non-hydrogen) atoms. The Labute approximate surface area is 197 Å². The van der Waals surface area contributed by atoms with Gasteiger partial charge in [0.15, 0.2) is 0 Å². The minimum atomic E-state index is -0.515. The van der Waals surface area contributed by atoms with E-state index in [2.05, 4.69) is 29.0 Å². The van der Waals surface area contributed by atoms with E-state index in [-0.39, 0.29) is 0 Å². The van der Waals surface area contributed by atoms with Crippen molar-refractivity contribution in [1.29, 1.82) is 0 Å². The quantitative estimate of drug-likeness (QED) is 0.377. The molecule has 0 aliphatic heterocycles. The lowest BCUT2D eigenvalue weighted by molar-refractivity contribution is 0.0636. The second-order valence-electron chi connectivity index (χ2n) is 7.71. The fourth-order valence-corrected chi connectivity index (χ4v) is 2.30. The topological polar surface area (TPSA) is 82.8 Å². The van der Waals surface area contributed by atoms with Gasteiger partial charge in [0.1, 0.15) is 18.8 Å². The van der Waals surface area contributed by atoms with Crippen molar-refractivity contribution in [2.45, 2.75) is 40.2 Å². The number of nitrogens with one attached hydrogen (secondary N) is 1. The molecule has 0 atom stereocenters. The van der Waals surface area contributed by atoms with Crippen LogP contribution in [0.4, 0.5) is 16.2 Å². The molecule has 2 rings (SSSR count). The molecule has 0 unspecified atom stereocenters. The number of benzene rings is 2. The van der Waals surface area contributed by atoms with E-state index in [0.717, 1.165) is 16.8 Å². The van der Waals surface area contributed by atoms with Crippen molar-refractivity contribution in [3.63, 3.8) is 0 Å². The van der Waals surface area contributed by atoms with E-state index in [1.165, 1.54) is 0 Å². The fourth-order valence-electron chi connectivity index (χ4n) is 2.30. The van der Waals surface area contributed by atoms with Crippen LogP contribution in [0.25, 0.3) is 0 Å². The summed E-state index contributed by atoms with van der Waals surface area (Å²) >= 11 is 0. The summed E-state index contributed by atoms with van der Waals surface area (Å²) in [6, 6.07) is 14.8. The molecule has 0 radical (unpaired) electrons. The summed E-state index contributed by atoms with van der Waals surface area (Å²) in [6.07, 6.45) is -0.475. The molecule has 1 amide bonds. The summed E-state index contributed by atoms with van der Waals surface area (Å²) in [5, 5.41) is 2.68. The third-order valence-electron chi connectivity index (χ3n) is 3.62. The maximum Gasteiger partial charge on any atom is 0.412 e. The molecular weight excluding hydrogens is 416 g/mol. The van der Waals surface area contributed by atoms with Crippen LogP contribution in [-0.4, -0.2) is 38.1 Å². The number of hydrogen-bond donors (Lipinski definition) is 2. The Hall–Kier alpha value is -3.45. The first-order valence-electron chi connectivity index (χ1n) is 10.8. The van der Waals surface area contributed by atoms with Gasteiger partial charge < -0.3 is 19.9 Å². The van der Waals surface area contributed by atoms with Gasteiger partial charge in [-0.25, -0.2) is 4.79 Å². The highest BCUT2D eigenvalue weighted by Crippen LogP contribution is 2.13. The van der Waals surface area contributed by atoms with Crippen LogP contribution in [0, 0.1) is 23.7 Å². The van der Waals surface area contributed by atoms with E-state index in [1.807, 2.05) is 71.0 Å². The molecule has 0 aliphatic rings. The first kappa shape index (κ1) is 27.6. The number of ether oxygens (including phenoxy) is 3. The average Bonchev–Trinajstić information content (AvgIpc) is 2.74. The van der Waals surface area contributed by atoms with Gasteiger partial charge in [-0.15, -0.1) is 0 Å². The number of nitrogen functional groups attached to an aromatic ring is 1. The van der Waals surface area contributed by atoms with Gasteiger partial charge in [0.05, 0.1) is 0 Å². The maximum absolute atomic E-state index is 11.6. The van der Waals surface area contributed by atoms with Gasteiger partial charge in [-0.3, -0.25) is 5.32 Å². The zero-order valence-electron chi connectivity index (χ0n) is 20.2. The van der Waals surface area contributed by atoms with Crippen molar-refractivity contribution in [3.8, 4) is 23.7 Å². The minimum Gasteiger partial charge on any atom is -0.444 e. The SMILES string of the molecule is CCOCC#Cc1cccc(N)c1.CCOCC#Cc1cccc(NC(=O)OC(C)(C)C)c1. The van der Waals surface area contributed by atoms with Crippen LogP contribution >= 0.6 is 0 Å². The number of carbonyl (C=O) groups excluding carboxylic acids is 1. The maximum atomic E-state index is 11.6. The summed E-state index contributed by atoms with van der Waals surface area (Å²) in [4.78, 5) is 11.6. The van der Waals surface area contributed by atoms with Crippen LogP contribution in [-0.2, 0) is 14.2 Å². The number of amides is 1. The van der Waals surface area contributed by atoms with Crippen molar-refractivity contribution in [3.05, 3.63) is 59.7 Å². The molecule has 2 aromatic carbocycles. The number of anilines is 2. The Morgan fingerprint density at radius 1 is 0.909 bits per heavy atom. The highest BCUT2D eigenvalue weighted by molar-refractivity contribution is 5.85. The summed E-state index contributed by atoms with van der Waals surface area (Å²) < 4.78 is 15.4. The second kappa shape index (κ2) is 15.4. The molecular formula is C27H34N2O4. The van der Waals surface area contributed by atoms with Crippen molar-refractivity contribution in [2.75, 3.05) is 37.5 Å². The van der Waals surface area contributed by atoms with Gasteiger partial charge in [0, 0.05) is 35.7 Å². The van der Waals surface area contributed by atoms with Crippen molar-refractivity contribution in [1.82, 2.24) is 0 Å². The lowest BCUT2D eigenvalue weighted by Crippen LogP contribution is -2.27. The smallest absolute Gasteiger partial charge is 0.412 e. The van der Waals surface area contributed by atoms with Crippen molar-refractivity contribution >= 4 is 17.5 Å². The third-order valence-corrected chi connectivity index (χ3v) is 3.62. The van der Waals surface area contributed by atoms with E-state index in [9.17, 15) is 4.79 Å². The van der Waals surface area contributed by atoms with Crippen LogP contribution in [0.15, 0.2) is 48.5 Å². The molecule has 3 N–H and O–H groups in total. The molecule has 0 heterocycles.